The van der Waals surface area contributed by atoms with Crippen molar-refractivity contribution >= 4 is 11.8 Å². The first kappa shape index (κ1) is 23.8. The van der Waals surface area contributed by atoms with Gasteiger partial charge in [0.2, 0.25) is 0 Å². The summed E-state index contributed by atoms with van der Waals surface area (Å²) in [7, 11) is 3.75. The molecule has 0 spiro atoms. The molecule has 1 heterocycles. The molecule has 2 amide bonds. The number of carbonyl (C=O) groups excluding carboxylic acids is 2. The van der Waals surface area contributed by atoms with Gasteiger partial charge in [0.15, 0.2) is 0 Å². The van der Waals surface area contributed by atoms with E-state index in [1.165, 1.54) is 5.56 Å². The normalized spacial score (nSPS) is 15.7. The fourth-order valence-corrected chi connectivity index (χ4v) is 3.84. The number of nitrogens with zero attached hydrogens (tertiary/aromatic N) is 2. The number of hydrogen-bond donors (Lipinski definition) is 2. The molecular formula is C25H34N4O3. The fourth-order valence-electron chi connectivity index (χ4n) is 3.84. The molecule has 0 bridgehead atoms. The van der Waals surface area contributed by atoms with Crippen molar-refractivity contribution in [3.8, 4) is 5.75 Å². The van der Waals surface area contributed by atoms with E-state index in [9.17, 15) is 9.59 Å². The lowest BCUT2D eigenvalue weighted by Gasteiger charge is -2.38. The number of piperazine rings is 1. The molecule has 2 N–H and O–H groups in total. The van der Waals surface area contributed by atoms with E-state index in [0.29, 0.717) is 19.5 Å². The number of likely N-dealkylation sites (N-methyl/N-ethyl adjacent to an activating group) is 1. The number of aryl methyl sites for hydroxylation is 1. The van der Waals surface area contributed by atoms with Crippen molar-refractivity contribution in [2.45, 2.75) is 19.4 Å². The van der Waals surface area contributed by atoms with Crippen LogP contribution in [0.2, 0.25) is 0 Å². The molecule has 0 unspecified atom stereocenters. The number of nitrogens with one attached hydrogen (secondary N) is 2. The Morgan fingerprint density at radius 2 is 1.56 bits per heavy atom. The molecule has 0 aromatic heterocycles. The zero-order valence-corrected chi connectivity index (χ0v) is 19.3. The third-order valence-corrected chi connectivity index (χ3v) is 5.96. The van der Waals surface area contributed by atoms with Crippen LogP contribution in [0, 0.1) is 6.92 Å². The van der Waals surface area contributed by atoms with Gasteiger partial charge >= 0.3 is 11.8 Å². The second-order valence-electron chi connectivity index (χ2n) is 8.33. The van der Waals surface area contributed by atoms with Gasteiger partial charge in [0.1, 0.15) is 5.75 Å². The molecule has 1 fully saturated rings. The van der Waals surface area contributed by atoms with Crippen molar-refractivity contribution in [2.24, 2.45) is 0 Å². The highest BCUT2D eigenvalue weighted by molar-refractivity contribution is 6.35. The van der Waals surface area contributed by atoms with Crippen molar-refractivity contribution < 1.29 is 14.3 Å². The van der Waals surface area contributed by atoms with E-state index >= 15 is 0 Å². The van der Waals surface area contributed by atoms with E-state index in [-0.39, 0.29) is 6.04 Å². The van der Waals surface area contributed by atoms with Gasteiger partial charge in [-0.25, -0.2) is 0 Å². The maximum atomic E-state index is 12.4. The lowest BCUT2D eigenvalue weighted by atomic mass is 10.0. The summed E-state index contributed by atoms with van der Waals surface area (Å²) in [5.41, 5.74) is 3.42. The predicted octanol–water partition coefficient (Wildman–Crippen LogP) is 1.77. The summed E-state index contributed by atoms with van der Waals surface area (Å²) >= 11 is 0. The van der Waals surface area contributed by atoms with Crippen LogP contribution in [0.15, 0.2) is 48.5 Å². The molecule has 7 heteroatoms. The van der Waals surface area contributed by atoms with Gasteiger partial charge < -0.3 is 20.3 Å². The molecule has 2 aromatic carbocycles. The first-order valence-electron chi connectivity index (χ1n) is 11.1. The Balaban J connectivity index is 1.51. The molecular weight excluding hydrogens is 404 g/mol. The van der Waals surface area contributed by atoms with Crippen LogP contribution in [0.25, 0.3) is 0 Å². The largest absolute Gasteiger partial charge is 0.497 e. The van der Waals surface area contributed by atoms with E-state index < -0.39 is 11.8 Å². The van der Waals surface area contributed by atoms with Crippen molar-refractivity contribution in [3.63, 3.8) is 0 Å². The zero-order chi connectivity index (χ0) is 22.9. The summed E-state index contributed by atoms with van der Waals surface area (Å²) in [5.74, 6) is -0.397. The maximum Gasteiger partial charge on any atom is 0.309 e. The van der Waals surface area contributed by atoms with Crippen molar-refractivity contribution in [1.29, 1.82) is 0 Å². The molecule has 32 heavy (non-hydrogen) atoms. The van der Waals surface area contributed by atoms with Crippen LogP contribution in [0.1, 0.15) is 22.7 Å². The monoisotopic (exact) mass is 438 g/mol. The molecule has 1 aliphatic rings. The van der Waals surface area contributed by atoms with Crippen molar-refractivity contribution in [1.82, 2.24) is 20.4 Å². The summed E-state index contributed by atoms with van der Waals surface area (Å²) < 4.78 is 5.15. The maximum absolute atomic E-state index is 12.4. The number of benzene rings is 2. The second-order valence-corrected chi connectivity index (χ2v) is 8.33. The lowest BCUT2D eigenvalue weighted by Crippen LogP contribution is -2.49. The fraction of sp³-hybridized carbons (Fsp3) is 0.440. The molecule has 0 radical (unpaired) electrons. The van der Waals surface area contributed by atoms with Gasteiger partial charge in [-0.15, -0.1) is 0 Å². The first-order valence-corrected chi connectivity index (χ1v) is 11.1. The topological polar surface area (TPSA) is 73.9 Å². The minimum absolute atomic E-state index is 0.0420. The molecule has 172 valence electrons. The first-order chi connectivity index (χ1) is 15.5. The van der Waals surface area contributed by atoms with E-state index in [2.05, 4.69) is 58.7 Å². The highest BCUT2D eigenvalue weighted by Gasteiger charge is 2.25. The third-order valence-electron chi connectivity index (χ3n) is 5.96. The molecule has 3 rings (SSSR count). The van der Waals surface area contributed by atoms with Gasteiger partial charge in [0.05, 0.1) is 13.2 Å². The minimum Gasteiger partial charge on any atom is -0.497 e. The Morgan fingerprint density at radius 3 is 2.19 bits per heavy atom. The summed E-state index contributed by atoms with van der Waals surface area (Å²) in [6, 6.07) is 16.1. The van der Waals surface area contributed by atoms with Crippen LogP contribution in [0.5, 0.6) is 5.75 Å². The van der Waals surface area contributed by atoms with Gasteiger partial charge in [0.25, 0.3) is 0 Å². The summed E-state index contributed by atoms with van der Waals surface area (Å²) in [4.78, 5) is 29.4. The second kappa shape index (κ2) is 11.6. The predicted molar refractivity (Wildman–Crippen MR) is 126 cm³/mol. The average Bonchev–Trinajstić information content (AvgIpc) is 2.81. The smallest absolute Gasteiger partial charge is 0.309 e. The Bertz CT molecular complexity index is 875. The molecule has 1 aliphatic heterocycles. The van der Waals surface area contributed by atoms with E-state index in [4.69, 9.17) is 4.74 Å². The van der Waals surface area contributed by atoms with Gasteiger partial charge in [-0.1, -0.05) is 42.0 Å². The molecule has 0 aliphatic carbocycles. The third kappa shape index (κ3) is 6.80. The van der Waals surface area contributed by atoms with Crippen LogP contribution in [-0.2, 0) is 16.0 Å². The number of hydrogen-bond acceptors (Lipinski definition) is 5. The lowest BCUT2D eigenvalue weighted by molar-refractivity contribution is -0.139. The van der Waals surface area contributed by atoms with E-state index in [1.54, 1.807) is 7.11 Å². The van der Waals surface area contributed by atoms with Gasteiger partial charge in [-0.2, -0.15) is 0 Å². The van der Waals surface area contributed by atoms with E-state index in [0.717, 1.165) is 43.1 Å². The van der Waals surface area contributed by atoms with Crippen LogP contribution in [0.4, 0.5) is 0 Å². The SMILES string of the molecule is COc1ccc(CCNC(=O)C(=O)NC[C@H](c2ccc(C)cc2)N2CCN(C)CC2)cc1. The molecule has 2 aromatic rings. The average molecular weight is 439 g/mol. The highest BCUT2D eigenvalue weighted by atomic mass is 16.5. The van der Waals surface area contributed by atoms with Crippen LogP contribution >= 0.6 is 0 Å². The van der Waals surface area contributed by atoms with Gasteiger partial charge in [-0.05, 0) is 43.7 Å². The number of methoxy groups -OCH3 is 1. The van der Waals surface area contributed by atoms with Crippen molar-refractivity contribution in [3.05, 3.63) is 65.2 Å². The highest BCUT2D eigenvalue weighted by Crippen LogP contribution is 2.22. The minimum atomic E-state index is -0.598. The molecule has 7 nitrogen and oxygen atoms in total. The zero-order valence-electron chi connectivity index (χ0n) is 19.3. The number of ether oxygens (including phenoxy) is 1. The van der Waals surface area contributed by atoms with Crippen LogP contribution < -0.4 is 15.4 Å². The van der Waals surface area contributed by atoms with Crippen LogP contribution in [0.3, 0.4) is 0 Å². The standard InChI is InChI=1S/C25H34N4O3/c1-19-4-8-21(9-5-19)23(29-16-14-28(2)15-17-29)18-27-25(31)24(30)26-13-12-20-6-10-22(32-3)11-7-20/h4-11,23H,12-18H2,1-3H3,(H,26,30)(H,27,31)/t23-/m1/s1. The van der Waals surface area contributed by atoms with Gasteiger partial charge in [-0.3, -0.25) is 14.5 Å². The number of amides is 2. The number of rotatable bonds is 8. The molecule has 1 atom stereocenters. The summed E-state index contributed by atoms with van der Waals surface area (Å²) in [6.07, 6.45) is 0.649. The Hall–Kier alpha value is -2.90. The van der Waals surface area contributed by atoms with E-state index in [1.807, 2.05) is 24.3 Å². The van der Waals surface area contributed by atoms with Crippen molar-refractivity contribution in [2.75, 3.05) is 53.4 Å². The number of carbonyl (C=O) groups is 2. The van der Waals surface area contributed by atoms with Gasteiger partial charge in [0, 0.05) is 39.3 Å². The molecule has 0 saturated carbocycles. The Morgan fingerprint density at radius 1 is 0.938 bits per heavy atom. The quantitative estimate of drug-likeness (QED) is 0.615. The Labute approximate surface area is 190 Å². The molecule has 1 saturated heterocycles. The van der Waals surface area contributed by atoms with Crippen LogP contribution in [-0.4, -0.2) is 75.0 Å². The summed E-state index contributed by atoms with van der Waals surface area (Å²) in [6.45, 7) is 6.70. The Kier molecular flexibility index (Phi) is 8.64. The summed E-state index contributed by atoms with van der Waals surface area (Å²) in [5, 5.41) is 5.56.